The van der Waals surface area contributed by atoms with Gasteiger partial charge in [-0.15, -0.1) is 5.10 Å². The molecule has 1 N–H and O–H groups in total. The molecule has 0 aliphatic rings. The van der Waals surface area contributed by atoms with Gasteiger partial charge in [-0.05, 0) is 22.1 Å². The van der Waals surface area contributed by atoms with E-state index in [0.29, 0.717) is 5.75 Å². The first-order valence-electron chi connectivity index (χ1n) is 5.74. The highest BCUT2D eigenvalue weighted by Gasteiger charge is 2.11. The number of aromatic amines is 1. The molecule has 0 saturated heterocycles. The molecule has 20 heavy (non-hydrogen) atoms. The molecule has 9 heteroatoms. The largest absolute Gasteiger partial charge is 0.361 e. The van der Waals surface area contributed by atoms with Crippen LogP contribution in [0, 0.1) is 10.1 Å². The summed E-state index contributed by atoms with van der Waals surface area (Å²) in [7, 11) is 1.78. The fourth-order valence-electron chi connectivity index (χ4n) is 1.89. The van der Waals surface area contributed by atoms with Crippen molar-refractivity contribution in [3.8, 4) is 0 Å². The second-order valence-corrected chi connectivity index (χ2v) is 5.12. The zero-order chi connectivity index (χ0) is 14.1. The number of fused-ring (bicyclic) bond motifs is 1. The topological polar surface area (TPSA) is 103 Å². The van der Waals surface area contributed by atoms with Gasteiger partial charge in [0.25, 0.3) is 5.69 Å². The summed E-state index contributed by atoms with van der Waals surface area (Å²) in [6.07, 6.45) is 1.85. The molecule has 0 amide bonds. The first-order chi connectivity index (χ1) is 9.65. The number of nitro groups is 1. The maximum Gasteiger partial charge on any atom is 0.271 e. The van der Waals surface area contributed by atoms with Crippen LogP contribution < -0.4 is 0 Å². The molecule has 0 saturated carbocycles. The normalized spacial score (nSPS) is 11.1. The summed E-state index contributed by atoms with van der Waals surface area (Å²) in [5, 5.41) is 23.7. The molecule has 0 spiro atoms. The van der Waals surface area contributed by atoms with E-state index in [1.807, 2.05) is 6.20 Å². The van der Waals surface area contributed by atoms with Gasteiger partial charge in [0.15, 0.2) is 0 Å². The number of aryl methyl sites for hydroxylation is 1. The van der Waals surface area contributed by atoms with Gasteiger partial charge in [0.1, 0.15) is 0 Å². The second kappa shape index (κ2) is 4.93. The second-order valence-electron chi connectivity index (χ2n) is 4.17. The standard InChI is InChI=1S/C11H10N6O2S/c1-16-11(13-14-15-16)20-6-7-5-12-10-4-8(17(18)19)2-3-9(7)10/h2-5,12H,6H2,1H3. The van der Waals surface area contributed by atoms with Gasteiger partial charge in [0.05, 0.1) is 10.4 Å². The van der Waals surface area contributed by atoms with E-state index in [2.05, 4.69) is 20.5 Å². The third-order valence-electron chi connectivity index (χ3n) is 2.90. The predicted molar refractivity (Wildman–Crippen MR) is 73.3 cm³/mol. The summed E-state index contributed by atoms with van der Waals surface area (Å²) in [6.45, 7) is 0. The molecule has 0 atom stereocenters. The molecule has 1 aromatic carbocycles. The van der Waals surface area contributed by atoms with Gasteiger partial charge in [-0.1, -0.05) is 11.8 Å². The number of hydrogen-bond donors (Lipinski definition) is 1. The Bertz CT molecular complexity index is 780. The van der Waals surface area contributed by atoms with Crippen molar-refractivity contribution in [3.63, 3.8) is 0 Å². The zero-order valence-corrected chi connectivity index (χ0v) is 11.3. The predicted octanol–water partition coefficient (Wildman–Crippen LogP) is 1.89. The molecular formula is C11H10N6O2S. The van der Waals surface area contributed by atoms with E-state index in [4.69, 9.17) is 0 Å². The van der Waals surface area contributed by atoms with Crippen LogP contribution in [0.4, 0.5) is 5.69 Å². The third-order valence-corrected chi connectivity index (χ3v) is 3.96. The lowest BCUT2D eigenvalue weighted by molar-refractivity contribution is -0.384. The van der Waals surface area contributed by atoms with E-state index in [1.165, 1.54) is 23.9 Å². The number of nitrogens with zero attached hydrogens (tertiary/aromatic N) is 5. The summed E-state index contributed by atoms with van der Waals surface area (Å²) >= 11 is 1.51. The summed E-state index contributed by atoms with van der Waals surface area (Å²) in [5.41, 5.74) is 1.89. The molecule has 8 nitrogen and oxygen atoms in total. The SMILES string of the molecule is Cn1nnnc1SCc1c[nH]c2cc([N+](=O)[O-])ccc12. The van der Waals surface area contributed by atoms with Gasteiger partial charge in [-0.3, -0.25) is 10.1 Å². The molecule has 0 aliphatic carbocycles. The average Bonchev–Trinajstić information content (AvgIpc) is 3.02. The summed E-state index contributed by atoms with van der Waals surface area (Å²) in [4.78, 5) is 13.4. The van der Waals surface area contributed by atoms with Crippen molar-refractivity contribution < 1.29 is 4.92 Å². The number of benzene rings is 1. The van der Waals surface area contributed by atoms with Crippen molar-refractivity contribution in [1.29, 1.82) is 0 Å². The molecule has 2 aromatic heterocycles. The zero-order valence-electron chi connectivity index (χ0n) is 10.5. The number of tetrazole rings is 1. The number of H-pyrrole nitrogens is 1. The average molecular weight is 290 g/mol. The molecule has 2 heterocycles. The third kappa shape index (κ3) is 2.23. The van der Waals surface area contributed by atoms with Crippen LogP contribution in [-0.2, 0) is 12.8 Å². The summed E-state index contributed by atoms with van der Waals surface area (Å²) in [5.74, 6) is 0.687. The van der Waals surface area contributed by atoms with E-state index in [-0.39, 0.29) is 5.69 Å². The van der Waals surface area contributed by atoms with Gasteiger partial charge < -0.3 is 4.98 Å². The Morgan fingerprint density at radius 3 is 3.05 bits per heavy atom. The lowest BCUT2D eigenvalue weighted by Crippen LogP contribution is -1.93. The smallest absolute Gasteiger partial charge is 0.271 e. The number of nitrogens with one attached hydrogen (secondary N) is 1. The van der Waals surface area contributed by atoms with E-state index >= 15 is 0 Å². The Kier molecular flexibility index (Phi) is 3.11. The molecule has 102 valence electrons. The van der Waals surface area contributed by atoms with Crippen molar-refractivity contribution in [2.45, 2.75) is 10.9 Å². The minimum absolute atomic E-state index is 0.0797. The first-order valence-corrected chi connectivity index (χ1v) is 6.73. The van der Waals surface area contributed by atoms with Gasteiger partial charge in [-0.2, -0.15) is 0 Å². The molecule has 0 fully saturated rings. The van der Waals surface area contributed by atoms with Crippen LogP contribution in [0.3, 0.4) is 0 Å². The highest BCUT2D eigenvalue weighted by Crippen LogP contribution is 2.27. The maximum atomic E-state index is 10.7. The maximum absolute atomic E-state index is 10.7. The van der Waals surface area contributed by atoms with E-state index in [9.17, 15) is 10.1 Å². The van der Waals surface area contributed by atoms with Crippen molar-refractivity contribution in [2.75, 3.05) is 0 Å². The number of non-ortho nitro benzene ring substituents is 1. The molecule has 0 unspecified atom stereocenters. The Morgan fingerprint density at radius 1 is 1.50 bits per heavy atom. The Labute approximate surface area is 117 Å². The number of nitro benzene ring substituents is 1. The summed E-state index contributed by atoms with van der Waals surface area (Å²) in [6, 6.07) is 4.80. The molecule has 3 rings (SSSR count). The molecular weight excluding hydrogens is 280 g/mol. The van der Waals surface area contributed by atoms with Crippen molar-refractivity contribution in [2.24, 2.45) is 7.05 Å². The molecule has 3 aromatic rings. The van der Waals surface area contributed by atoms with Crippen LogP contribution in [0.5, 0.6) is 0 Å². The minimum atomic E-state index is -0.403. The van der Waals surface area contributed by atoms with Crippen molar-refractivity contribution >= 4 is 28.4 Å². The Hall–Kier alpha value is -2.42. The fraction of sp³-hybridized carbons (Fsp3) is 0.182. The molecule has 0 bridgehead atoms. The van der Waals surface area contributed by atoms with E-state index in [1.54, 1.807) is 17.8 Å². The highest BCUT2D eigenvalue weighted by molar-refractivity contribution is 7.98. The van der Waals surface area contributed by atoms with Gasteiger partial charge in [0.2, 0.25) is 5.16 Å². The van der Waals surface area contributed by atoms with E-state index < -0.39 is 4.92 Å². The van der Waals surface area contributed by atoms with Crippen LogP contribution in [0.25, 0.3) is 10.9 Å². The molecule has 0 aliphatic heterocycles. The van der Waals surface area contributed by atoms with Gasteiger partial charge >= 0.3 is 0 Å². The Morgan fingerprint density at radius 2 is 2.35 bits per heavy atom. The fourth-order valence-corrected chi connectivity index (χ4v) is 2.73. The van der Waals surface area contributed by atoms with E-state index in [0.717, 1.165) is 21.6 Å². The summed E-state index contributed by atoms with van der Waals surface area (Å²) < 4.78 is 1.60. The van der Waals surface area contributed by atoms with Crippen molar-refractivity contribution in [3.05, 3.63) is 40.1 Å². The molecule has 0 radical (unpaired) electrons. The first kappa shape index (κ1) is 12.6. The van der Waals surface area contributed by atoms with Crippen molar-refractivity contribution in [1.82, 2.24) is 25.2 Å². The monoisotopic (exact) mass is 290 g/mol. The number of rotatable bonds is 4. The minimum Gasteiger partial charge on any atom is -0.361 e. The van der Waals surface area contributed by atoms with Gasteiger partial charge in [0, 0.05) is 36.5 Å². The highest BCUT2D eigenvalue weighted by atomic mass is 32.2. The van der Waals surface area contributed by atoms with Crippen LogP contribution in [0.1, 0.15) is 5.56 Å². The quantitative estimate of drug-likeness (QED) is 0.447. The number of hydrogen-bond acceptors (Lipinski definition) is 6. The lowest BCUT2D eigenvalue weighted by atomic mass is 10.2. The Balaban J connectivity index is 1.85. The lowest BCUT2D eigenvalue weighted by Gasteiger charge is -1.98. The number of aromatic nitrogens is 5. The van der Waals surface area contributed by atoms with Crippen LogP contribution in [0.2, 0.25) is 0 Å². The van der Waals surface area contributed by atoms with Crippen LogP contribution >= 0.6 is 11.8 Å². The van der Waals surface area contributed by atoms with Crippen LogP contribution in [0.15, 0.2) is 29.6 Å². The van der Waals surface area contributed by atoms with Crippen LogP contribution in [-0.4, -0.2) is 30.1 Å². The van der Waals surface area contributed by atoms with Gasteiger partial charge in [-0.25, -0.2) is 4.68 Å². The number of thioether (sulfide) groups is 1.